The van der Waals surface area contributed by atoms with E-state index >= 15 is 0 Å². The van der Waals surface area contributed by atoms with E-state index in [0.717, 1.165) is 18.4 Å². The first kappa shape index (κ1) is 11.2. The highest BCUT2D eigenvalue weighted by atomic mass is 15.2. The minimum absolute atomic E-state index is 0.693. The monoisotopic (exact) mass is 234 g/mol. The van der Waals surface area contributed by atoms with Crippen molar-refractivity contribution in [3.63, 3.8) is 0 Å². The summed E-state index contributed by atoms with van der Waals surface area (Å²) in [7, 11) is 0. The molecule has 0 amide bonds. The molecule has 0 radical (unpaired) electrons. The summed E-state index contributed by atoms with van der Waals surface area (Å²) in [6, 6.07) is 1.54. The van der Waals surface area contributed by atoms with Crippen LogP contribution in [0.5, 0.6) is 0 Å². The van der Waals surface area contributed by atoms with Crippen LogP contribution in [0.1, 0.15) is 37.2 Å². The maximum atomic E-state index is 4.23. The van der Waals surface area contributed by atoms with Crippen LogP contribution in [0.4, 0.5) is 0 Å². The van der Waals surface area contributed by atoms with Crippen LogP contribution in [0, 0.1) is 6.92 Å². The SMILES string of the molecule is Cc1ncc(CNC2CCN3CCCC3C2)[nH]1. The molecule has 2 unspecified atom stereocenters. The Labute approximate surface area is 103 Å². The van der Waals surface area contributed by atoms with E-state index in [2.05, 4.69) is 20.2 Å². The molecule has 3 heterocycles. The summed E-state index contributed by atoms with van der Waals surface area (Å²) in [4.78, 5) is 10.2. The number of aromatic amines is 1. The molecule has 4 nitrogen and oxygen atoms in total. The molecule has 2 aliphatic heterocycles. The number of fused-ring (bicyclic) bond motifs is 1. The summed E-state index contributed by atoms with van der Waals surface area (Å²) in [5, 5.41) is 3.67. The summed E-state index contributed by atoms with van der Waals surface area (Å²) in [6.45, 7) is 5.54. The highest BCUT2D eigenvalue weighted by molar-refractivity contribution is 5.00. The lowest BCUT2D eigenvalue weighted by atomic mass is 9.97. The molecule has 2 fully saturated rings. The molecule has 2 saturated heterocycles. The maximum absolute atomic E-state index is 4.23. The van der Waals surface area contributed by atoms with E-state index < -0.39 is 0 Å². The molecule has 17 heavy (non-hydrogen) atoms. The van der Waals surface area contributed by atoms with E-state index in [-0.39, 0.29) is 0 Å². The van der Waals surface area contributed by atoms with E-state index in [1.807, 2.05) is 13.1 Å². The number of aryl methyl sites for hydroxylation is 1. The Morgan fingerprint density at radius 3 is 3.24 bits per heavy atom. The fourth-order valence-electron chi connectivity index (χ4n) is 3.23. The van der Waals surface area contributed by atoms with E-state index in [4.69, 9.17) is 0 Å². The van der Waals surface area contributed by atoms with E-state index in [9.17, 15) is 0 Å². The van der Waals surface area contributed by atoms with Crippen molar-refractivity contribution in [1.82, 2.24) is 20.2 Å². The molecule has 2 atom stereocenters. The number of hydrogen-bond acceptors (Lipinski definition) is 3. The molecule has 94 valence electrons. The van der Waals surface area contributed by atoms with Gasteiger partial charge in [0.1, 0.15) is 5.82 Å². The van der Waals surface area contributed by atoms with Crippen molar-refractivity contribution in [2.75, 3.05) is 13.1 Å². The zero-order valence-corrected chi connectivity index (χ0v) is 10.6. The summed E-state index contributed by atoms with van der Waals surface area (Å²) in [5.41, 5.74) is 1.20. The second-order valence-electron chi connectivity index (χ2n) is 5.43. The van der Waals surface area contributed by atoms with Gasteiger partial charge in [0.05, 0.1) is 0 Å². The average Bonchev–Trinajstić information content (AvgIpc) is 2.94. The van der Waals surface area contributed by atoms with Crippen molar-refractivity contribution in [2.24, 2.45) is 0 Å². The first-order valence-corrected chi connectivity index (χ1v) is 6.79. The fraction of sp³-hybridized carbons (Fsp3) is 0.769. The highest BCUT2D eigenvalue weighted by Crippen LogP contribution is 2.26. The van der Waals surface area contributed by atoms with E-state index in [0.29, 0.717) is 6.04 Å². The first-order valence-electron chi connectivity index (χ1n) is 6.79. The van der Waals surface area contributed by atoms with E-state index in [1.54, 1.807) is 0 Å². The summed E-state index contributed by atoms with van der Waals surface area (Å²) >= 11 is 0. The number of aromatic nitrogens is 2. The number of hydrogen-bond donors (Lipinski definition) is 2. The van der Waals surface area contributed by atoms with Gasteiger partial charge in [-0.3, -0.25) is 0 Å². The molecule has 4 heteroatoms. The van der Waals surface area contributed by atoms with Gasteiger partial charge in [0, 0.05) is 30.5 Å². The lowest BCUT2D eigenvalue weighted by Crippen LogP contribution is -2.45. The summed E-state index contributed by atoms with van der Waals surface area (Å²) < 4.78 is 0. The van der Waals surface area contributed by atoms with Gasteiger partial charge in [0.2, 0.25) is 0 Å². The molecule has 0 aliphatic carbocycles. The number of H-pyrrole nitrogens is 1. The largest absolute Gasteiger partial charge is 0.345 e. The number of nitrogens with one attached hydrogen (secondary N) is 2. The Hall–Kier alpha value is -0.870. The smallest absolute Gasteiger partial charge is 0.103 e. The van der Waals surface area contributed by atoms with Gasteiger partial charge in [-0.25, -0.2) is 4.98 Å². The predicted molar refractivity (Wildman–Crippen MR) is 67.8 cm³/mol. The van der Waals surface area contributed by atoms with Crippen LogP contribution in [0.25, 0.3) is 0 Å². The normalized spacial score (nSPS) is 29.5. The predicted octanol–water partition coefficient (Wildman–Crippen LogP) is 1.43. The average molecular weight is 234 g/mol. The van der Waals surface area contributed by atoms with Crippen molar-refractivity contribution in [3.05, 3.63) is 17.7 Å². The molecular weight excluding hydrogens is 212 g/mol. The van der Waals surface area contributed by atoms with Crippen molar-refractivity contribution in [3.8, 4) is 0 Å². The van der Waals surface area contributed by atoms with Gasteiger partial charge < -0.3 is 15.2 Å². The minimum Gasteiger partial charge on any atom is -0.345 e. The molecule has 0 saturated carbocycles. The molecule has 0 bridgehead atoms. The zero-order valence-electron chi connectivity index (χ0n) is 10.6. The topological polar surface area (TPSA) is 44.0 Å². The third-order valence-corrected chi connectivity index (χ3v) is 4.16. The van der Waals surface area contributed by atoms with Gasteiger partial charge in [0.15, 0.2) is 0 Å². The van der Waals surface area contributed by atoms with Crippen LogP contribution in [0.15, 0.2) is 6.20 Å². The second-order valence-corrected chi connectivity index (χ2v) is 5.43. The Bertz CT molecular complexity index is 373. The van der Waals surface area contributed by atoms with Gasteiger partial charge in [-0.2, -0.15) is 0 Å². The van der Waals surface area contributed by atoms with Crippen LogP contribution < -0.4 is 5.32 Å². The molecule has 1 aromatic rings. The molecular formula is C13H22N4. The summed E-state index contributed by atoms with van der Waals surface area (Å²) in [6.07, 6.45) is 7.36. The number of nitrogens with zero attached hydrogens (tertiary/aromatic N) is 2. The molecule has 1 aromatic heterocycles. The van der Waals surface area contributed by atoms with Crippen LogP contribution in [-0.4, -0.2) is 40.0 Å². The molecule has 2 aliphatic rings. The van der Waals surface area contributed by atoms with Crippen molar-refractivity contribution >= 4 is 0 Å². The van der Waals surface area contributed by atoms with Crippen LogP contribution in [0.2, 0.25) is 0 Å². The molecule has 3 rings (SSSR count). The summed E-state index contributed by atoms with van der Waals surface area (Å²) in [5.74, 6) is 1.01. The molecule has 0 aromatic carbocycles. The Balaban J connectivity index is 1.49. The molecule has 2 N–H and O–H groups in total. The lowest BCUT2D eigenvalue weighted by molar-refractivity contribution is 0.166. The Morgan fingerprint density at radius 2 is 2.41 bits per heavy atom. The number of piperidine rings is 1. The van der Waals surface area contributed by atoms with Gasteiger partial charge >= 0.3 is 0 Å². The number of imidazole rings is 1. The second kappa shape index (κ2) is 4.78. The number of rotatable bonds is 3. The first-order chi connectivity index (χ1) is 8.31. The van der Waals surface area contributed by atoms with Crippen LogP contribution in [-0.2, 0) is 6.54 Å². The van der Waals surface area contributed by atoms with Gasteiger partial charge in [-0.15, -0.1) is 0 Å². The molecule has 0 spiro atoms. The highest BCUT2D eigenvalue weighted by Gasteiger charge is 2.31. The minimum atomic E-state index is 0.693. The Kier molecular flexibility index (Phi) is 3.16. The quantitative estimate of drug-likeness (QED) is 0.831. The van der Waals surface area contributed by atoms with E-state index in [1.165, 1.54) is 44.5 Å². The lowest BCUT2D eigenvalue weighted by Gasteiger charge is -2.35. The van der Waals surface area contributed by atoms with Gasteiger partial charge in [-0.1, -0.05) is 0 Å². The Morgan fingerprint density at radius 1 is 1.47 bits per heavy atom. The van der Waals surface area contributed by atoms with Gasteiger partial charge in [0.25, 0.3) is 0 Å². The van der Waals surface area contributed by atoms with Crippen molar-refractivity contribution < 1.29 is 0 Å². The fourth-order valence-corrected chi connectivity index (χ4v) is 3.23. The van der Waals surface area contributed by atoms with Gasteiger partial charge in [-0.05, 0) is 45.7 Å². The van der Waals surface area contributed by atoms with Crippen molar-refractivity contribution in [2.45, 2.75) is 51.2 Å². The maximum Gasteiger partial charge on any atom is 0.103 e. The third kappa shape index (κ3) is 2.53. The van der Waals surface area contributed by atoms with Crippen LogP contribution in [0.3, 0.4) is 0 Å². The standard InChI is InChI=1S/C13H22N4/c1-10-14-8-12(16-10)9-15-11-4-6-17-5-2-3-13(17)7-11/h8,11,13,15H,2-7,9H2,1H3,(H,14,16). The van der Waals surface area contributed by atoms with Crippen molar-refractivity contribution in [1.29, 1.82) is 0 Å². The third-order valence-electron chi connectivity index (χ3n) is 4.16. The zero-order chi connectivity index (χ0) is 11.7. The van der Waals surface area contributed by atoms with Crippen LogP contribution >= 0.6 is 0 Å².